The van der Waals surface area contributed by atoms with Gasteiger partial charge in [0, 0.05) is 10.3 Å². The number of halogens is 1. The Morgan fingerprint density at radius 1 is 1.80 bits per heavy atom. The molecular weight excluding hydrogens is 166 g/mol. The quantitative estimate of drug-likeness (QED) is 0.637. The molecule has 52 valence electrons. The summed E-state index contributed by atoms with van der Waals surface area (Å²) in [5.74, 6) is -0.0301. The van der Waals surface area contributed by atoms with Gasteiger partial charge in [-0.15, -0.1) is 11.3 Å². The molecule has 3 heteroatoms. The van der Waals surface area contributed by atoms with E-state index < -0.39 is 0 Å². The Kier molecular flexibility index (Phi) is 2.31. The van der Waals surface area contributed by atoms with Crippen LogP contribution in [0.2, 0.25) is 5.02 Å². The molecule has 0 saturated carbocycles. The molecule has 0 aliphatic rings. The molecule has 10 heavy (non-hydrogen) atoms. The summed E-state index contributed by atoms with van der Waals surface area (Å²) >= 11 is 7.19. The van der Waals surface area contributed by atoms with Gasteiger partial charge in [-0.1, -0.05) is 11.6 Å². The first kappa shape index (κ1) is 7.59. The molecule has 0 radical (unpaired) electrons. The molecule has 0 saturated heterocycles. The zero-order chi connectivity index (χ0) is 7.56. The number of rotatable bonds is 1. The van der Waals surface area contributed by atoms with Crippen molar-refractivity contribution in [1.82, 2.24) is 0 Å². The van der Waals surface area contributed by atoms with Gasteiger partial charge in [0.2, 0.25) is 0 Å². The van der Waals surface area contributed by atoms with Gasteiger partial charge in [0.25, 0.3) is 0 Å². The first-order valence-electron chi connectivity index (χ1n) is 2.87. The zero-order valence-electron chi connectivity index (χ0n) is 5.47. The summed E-state index contributed by atoms with van der Waals surface area (Å²) in [7, 11) is 0. The third-order valence-electron chi connectivity index (χ3n) is 1.21. The fraction of sp³-hybridized carbons (Fsp3) is 0.286. The van der Waals surface area contributed by atoms with Crippen LogP contribution in [-0.2, 0) is 0 Å². The summed E-state index contributed by atoms with van der Waals surface area (Å²) in [4.78, 5) is 1.03. The largest absolute Gasteiger partial charge is 0.198 e. The minimum atomic E-state index is -0.0301. The second-order valence-corrected chi connectivity index (χ2v) is 3.40. The number of thiophene rings is 1. The van der Waals surface area contributed by atoms with Gasteiger partial charge in [-0.25, -0.2) is 0 Å². The molecule has 0 aliphatic carbocycles. The molecule has 0 amide bonds. The van der Waals surface area contributed by atoms with Crippen LogP contribution >= 0.6 is 22.9 Å². The fourth-order valence-corrected chi connectivity index (χ4v) is 1.70. The highest BCUT2D eigenvalue weighted by Crippen LogP contribution is 2.25. The van der Waals surface area contributed by atoms with E-state index in [2.05, 4.69) is 6.07 Å². The van der Waals surface area contributed by atoms with Crippen molar-refractivity contribution in [2.24, 2.45) is 0 Å². The molecule has 1 nitrogen and oxygen atoms in total. The van der Waals surface area contributed by atoms with Gasteiger partial charge >= 0.3 is 0 Å². The van der Waals surface area contributed by atoms with Crippen LogP contribution in [0.1, 0.15) is 17.7 Å². The van der Waals surface area contributed by atoms with Crippen LogP contribution < -0.4 is 0 Å². The Balaban J connectivity index is 2.87. The monoisotopic (exact) mass is 171 g/mol. The summed E-state index contributed by atoms with van der Waals surface area (Å²) < 4.78 is 0. The average Bonchev–Trinajstić information content (AvgIpc) is 2.34. The maximum atomic E-state index is 8.51. The second kappa shape index (κ2) is 3.05. The van der Waals surface area contributed by atoms with Crippen LogP contribution in [0, 0.1) is 11.3 Å². The lowest BCUT2D eigenvalue weighted by molar-refractivity contribution is 1.01. The summed E-state index contributed by atoms with van der Waals surface area (Å²) in [6.45, 7) is 1.86. The van der Waals surface area contributed by atoms with Crippen LogP contribution in [0.15, 0.2) is 11.4 Å². The Hall–Kier alpha value is -0.520. The predicted molar refractivity (Wildman–Crippen MR) is 43.4 cm³/mol. The topological polar surface area (TPSA) is 23.8 Å². The molecule has 1 aromatic heterocycles. The van der Waals surface area contributed by atoms with Gasteiger partial charge in [0.15, 0.2) is 0 Å². The van der Waals surface area contributed by atoms with E-state index in [-0.39, 0.29) is 5.92 Å². The normalized spacial score (nSPS) is 12.5. The lowest BCUT2D eigenvalue weighted by atomic mass is 10.2. The van der Waals surface area contributed by atoms with E-state index in [1.807, 2.05) is 18.4 Å². The maximum Gasteiger partial charge on any atom is 0.0778 e. The van der Waals surface area contributed by atoms with Crippen molar-refractivity contribution in [3.05, 3.63) is 21.3 Å². The predicted octanol–water partition coefficient (Wildman–Crippen LogP) is 3.03. The van der Waals surface area contributed by atoms with E-state index in [1.165, 1.54) is 11.3 Å². The molecule has 0 aromatic carbocycles. The molecule has 0 fully saturated rings. The lowest BCUT2D eigenvalue weighted by Crippen LogP contribution is -1.81. The molecule has 1 atom stereocenters. The highest BCUT2D eigenvalue weighted by Gasteiger charge is 2.05. The molecule has 0 bridgehead atoms. The van der Waals surface area contributed by atoms with Gasteiger partial charge in [0.05, 0.1) is 17.0 Å². The highest BCUT2D eigenvalue weighted by atomic mass is 35.5. The van der Waals surface area contributed by atoms with Crippen LogP contribution in [0.25, 0.3) is 0 Å². The molecule has 1 rings (SSSR count). The minimum absolute atomic E-state index is 0.0301. The lowest BCUT2D eigenvalue weighted by Gasteiger charge is -1.92. The Morgan fingerprint density at radius 2 is 2.50 bits per heavy atom. The van der Waals surface area contributed by atoms with Crippen molar-refractivity contribution in [3.8, 4) is 6.07 Å². The van der Waals surface area contributed by atoms with Crippen molar-refractivity contribution in [2.75, 3.05) is 0 Å². The van der Waals surface area contributed by atoms with E-state index in [0.29, 0.717) is 0 Å². The highest BCUT2D eigenvalue weighted by molar-refractivity contribution is 7.10. The van der Waals surface area contributed by atoms with Crippen LogP contribution in [0.4, 0.5) is 0 Å². The summed E-state index contributed by atoms with van der Waals surface area (Å²) in [5, 5.41) is 11.1. The van der Waals surface area contributed by atoms with Crippen molar-refractivity contribution < 1.29 is 0 Å². The smallest absolute Gasteiger partial charge is 0.0778 e. The Bertz CT molecular complexity index is 261. The van der Waals surface area contributed by atoms with Crippen molar-refractivity contribution in [3.63, 3.8) is 0 Å². The molecule has 1 heterocycles. The van der Waals surface area contributed by atoms with Gasteiger partial charge in [-0.3, -0.25) is 0 Å². The second-order valence-electron chi connectivity index (χ2n) is 2.02. The molecule has 0 aliphatic heterocycles. The number of nitrogens with zero attached hydrogens (tertiary/aromatic N) is 1. The van der Waals surface area contributed by atoms with Crippen LogP contribution in [-0.4, -0.2) is 0 Å². The van der Waals surface area contributed by atoms with E-state index in [1.54, 1.807) is 0 Å². The molecule has 0 N–H and O–H groups in total. The zero-order valence-corrected chi connectivity index (χ0v) is 7.04. The van der Waals surface area contributed by atoms with E-state index in [9.17, 15) is 0 Å². The molecule has 0 spiro atoms. The first-order chi connectivity index (χ1) is 4.74. The maximum absolute atomic E-state index is 8.51. The van der Waals surface area contributed by atoms with Gasteiger partial charge in [-0.2, -0.15) is 5.26 Å². The van der Waals surface area contributed by atoms with Gasteiger partial charge in [-0.05, 0) is 13.0 Å². The first-order valence-corrected chi connectivity index (χ1v) is 4.13. The van der Waals surface area contributed by atoms with Gasteiger partial charge < -0.3 is 0 Å². The average molecular weight is 172 g/mol. The van der Waals surface area contributed by atoms with Crippen molar-refractivity contribution >= 4 is 22.9 Å². The number of hydrogen-bond acceptors (Lipinski definition) is 2. The molecule has 1 unspecified atom stereocenters. The fourth-order valence-electron chi connectivity index (χ4n) is 0.619. The van der Waals surface area contributed by atoms with Crippen molar-refractivity contribution in [2.45, 2.75) is 12.8 Å². The van der Waals surface area contributed by atoms with E-state index >= 15 is 0 Å². The van der Waals surface area contributed by atoms with Gasteiger partial charge in [0.1, 0.15) is 0 Å². The third-order valence-corrected chi connectivity index (χ3v) is 2.67. The van der Waals surface area contributed by atoms with E-state index in [0.717, 1.165) is 9.90 Å². The molecule has 1 aromatic rings. The van der Waals surface area contributed by atoms with Crippen LogP contribution in [0.5, 0.6) is 0 Å². The Labute approximate surface area is 68.9 Å². The minimum Gasteiger partial charge on any atom is -0.198 e. The SMILES string of the molecule is CC(C#N)c1cc(Cl)cs1. The van der Waals surface area contributed by atoms with Crippen LogP contribution in [0.3, 0.4) is 0 Å². The summed E-state index contributed by atoms with van der Waals surface area (Å²) in [6, 6.07) is 3.98. The summed E-state index contributed by atoms with van der Waals surface area (Å²) in [6.07, 6.45) is 0. The summed E-state index contributed by atoms with van der Waals surface area (Å²) in [5.41, 5.74) is 0. The number of nitriles is 1. The number of hydrogen-bond donors (Lipinski definition) is 0. The standard InChI is InChI=1S/C7H6ClNS/c1-5(3-9)7-2-6(8)4-10-7/h2,4-5H,1H3. The third kappa shape index (κ3) is 1.50. The van der Waals surface area contributed by atoms with Crippen molar-refractivity contribution in [1.29, 1.82) is 5.26 Å². The Morgan fingerprint density at radius 3 is 2.90 bits per heavy atom. The molecular formula is C7H6ClNS. The van der Waals surface area contributed by atoms with E-state index in [4.69, 9.17) is 16.9 Å².